The van der Waals surface area contributed by atoms with Gasteiger partial charge in [-0.3, -0.25) is 4.90 Å². The smallest absolute Gasteiger partial charge is 0.343 e. The van der Waals surface area contributed by atoms with Crippen LogP contribution in [-0.2, 0) is 9.53 Å². The van der Waals surface area contributed by atoms with Crippen molar-refractivity contribution in [3.05, 3.63) is 10.2 Å². The van der Waals surface area contributed by atoms with Crippen molar-refractivity contribution in [2.24, 2.45) is 0 Å². The highest BCUT2D eigenvalue weighted by Crippen LogP contribution is 2.03. The lowest BCUT2D eigenvalue weighted by Gasteiger charge is -2.26. The lowest BCUT2D eigenvalue weighted by atomic mass is 10.4. The molecule has 0 aromatic rings. The van der Waals surface area contributed by atoms with Gasteiger partial charge in [-0.1, -0.05) is 6.58 Å². The van der Waals surface area contributed by atoms with Crippen molar-refractivity contribution < 1.29 is 9.53 Å². The first-order valence-corrected chi connectivity index (χ1v) is 5.72. The van der Waals surface area contributed by atoms with Crippen molar-refractivity contribution in [2.45, 2.75) is 0 Å². The predicted octanol–water partition coefficient (Wildman–Crippen LogP) is 0.383. The largest absolute Gasteiger partial charge is 0.460 e. The molecule has 1 fully saturated rings. The first-order valence-electron chi connectivity index (χ1n) is 4.65. The van der Waals surface area contributed by atoms with Crippen LogP contribution in [0.5, 0.6) is 0 Å². The molecule has 14 heavy (non-hydrogen) atoms. The zero-order valence-electron chi connectivity index (χ0n) is 8.09. The molecule has 0 saturated carbocycles. The van der Waals surface area contributed by atoms with E-state index in [0.29, 0.717) is 10.2 Å². The molecule has 1 heterocycles. The molecule has 5 heteroatoms. The van der Waals surface area contributed by atoms with E-state index in [0.717, 1.165) is 32.7 Å². The number of carbonyl (C=O) groups is 1. The van der Waals surface area contributed by atoms with Crippen LogP contribution in [0, 0.1) is 0 Å². The number of esters is 1. The van der Waals surface area contributed by atoms with Crippen LogP contribution in [0.4, 0.5) is 0 Å². The van der Waals surface area contributed by atoms with Gasteiger partial charge in [-0.2, -0.15) is 0 Å². The fraction of sp³-hybridized carbons (Fsp3) is 0.667. The molecule has 1 N–H and O–H groups in total. The van der Waals surface area contributed by atoms with Crippen molar-refractivity contribution >= 4 is 28.6 Å². The van der Waals surface area contributed by atoms with Gasteiger partial charge >= 0.3 is 5.97 Å². The summed E-state index contributed by atoms with van der Waals surface area (Å²) in [5.74, 6) is -0.305. The van der Waals surface area contributed by atoms with Crippen molar-refractivity contribution in [1.29, 1.82) is 0 Å². The van der Waals surface area contributed by atoms with Gasteiger partial charge in [0.25, 0.3) is 0 Å². The molecule has 1 rings (SSSR count). The summed E-state index contributed by atoms with van der Waals surface area (Å²) in [5.41, 5.74) is 0. The van der Waals surface area contributed by atoms with Gasteiger partial charge in [-0.25, -0.2) is 4.79 Å². The van der Waals surface area contributed by atoms with Gasteiger partial charge in [-0.15, -0.1) is 0 Å². The second-order valence-electron chi connectivity index (χ2n) is 3.13. The van der Waals surface area contributed by atoms with Crippen LogP contribution in [0.3, 0.4) is 0 Å². The quantitative estimate of drug-likeness (QED) is 0.463. The Morgan fingerprint density at radius 1 is 1.50 bits per heavy atom. The third kappa shape index (κ3) is 4.39. The normalized spacial score (nSPS) is 17.8. The molecule has 0 bridgehead atoms. The maximum atomic E-state index is 11.0. The summed E-state index contributed by atoms with van der Waals surface area (Å²) in [6.07, 6.45) is 0. The summed E-state index contributed by atoms with van der Waals surface area (Å²) in [6.45, 7) is 8.89. The third-order valence-electron chi connectivity index (χ3n) is 2.07. The van der Waals surface area contributed by atoms with E-state index >= 15 is 0 Å². The minimum Gasteiger partial charge on any atom is -0.460 e. The summed E-state index contributed by atoms with van der Waals surface area (Å²) in [6, 6.07) is 0. The molecule has 80 valence electrons. The van der Waals surface area contributed by atoms with Crippen LogP contribution in [0.25, 0.3) is 0 Å². The molecular weight excluding hydrogens is 295 g/mol. The van der Waals surface area contributed by atoms with Crippen LogP contribution in [0.2, 0.25) is 0 Å². The van der Waals surface area contributed by atoms with Crippen molar-refractivity contribution in [2.75, 3.05) is 39.3 Å². The lowest BCUT2D eigenvalue weighted by molar-refractivity contribution is -0.138. The summed E-state index contributed by atoms with van der Waals surface area (Å²) >= 11 is 1.87. The molecule has 0 radical (unpaired) electrons. The van der Waals surface area contributed by atoms with E-state index in [2.05, 4.69) is 16.8 Å². The topological polar surface area (TPSA) is 41.6 Å². The number of piperazine rings is 1. The zero-order chi connectivity index (χ0) is 10.4. The monoisotopic (exact) mass is 310 g/mol. The second kappa shape index (κ2) is 6.36. The zero-order valence-corrected chi connectivity index (χ0v) is 10.2. The molecule has 0 aliphatic carbocycles. The first-order chi connectivity index (χ1) is 6.70. The molecule has 1 aliphatic heterocycles. The lowest BCUT2D eigenvalue weighted by Crippen LogP contribution is -2.44. The number of ether oxygens (including phenoxy) is 1. The number of halogens is 1. The minimum atomic E-state index is -0.305. The Hall–Kier alpha value is -0.140. The number of nitrogens with one attached hydrogen (secondary N) is 1. The molecule has 0 amide bonds. The molecule has 0 aromatic carbocycles. The maximum absolute atomic E-state index is 11.0. The van der Waals surface area contributed by atoms with Gasteiger partial charge in [0, 0.05) is 32.7 Å². The number of hydrogen-bond donors (Lipinski definition) is 1. The van der Waals surface area contributed by atoms with E-state index in [1.165, 1.54) is 0 Å². The summed E-state index contributed by atoms with van der Waals surface area (Å²) < 4.78 is 5.43. The average Bonchev–Trinajstić information content (AvgIpc) is 2.19. The Bertz CT molecular complexity index is 215. The minimum absolute atomic E-state index is 0.305. The molecule has 1 saturated heterocycles. The molecular formula is C9H15IN2O2. The Morgan fingerprint density at radius 3 is 2.71 bits per heavy atom. The number of carbonyl (C=O) groups excluding carboxylic acids is 1. The molecule has 0 spiro atoms. The van der Waals surface area contributed by atoms with Crippen LogP contribution < -0.4 is 5.32 Å². The number of rotatable bonds is 4. The van der Waals surface area contributed by atoms with Crippen LogP contribution in [0.1, 0.15) is 0 Å². The fourth-order valence-electron chi connectivity index (χ4n) is 1.28. The van der Waals surface area contributed by atoms with Crippen molar-refractivity contribution in [1.82, 2.24) is 10.2 Å². The van der Waals surface area contributed by atoms with Gasteiger partial charge in [0.15, 0.2) is 0 Å². The Morgan fingerprint density at radius 2 is 2.14 bits per heavy atom. The molecule has 0 atom stereocenters. The van der Waals surface area contributed by atoms with E-state index in [1.807, 2.05) is 22.6 Å². The van der Waals surface area contributed by atoms with E-state index in [9.17, 15) is 4.79 Å². The Balaban J connectivity index is 2.08. The average molecular weight is 310 g/mol. The highest BCUT2D eigenvalue weighted by atomic mass is 127. The van der Waals surface area contributed by atoms with Crippen molar-refractivity contribution in [3.8, 4) is 0 Å². The number of hydrogen-bond acceptors (Lipinski definition) is 4. The summed E-state index contributed by atoms with van der Waals surface area (Å²) in [7, 11) is 0. The molecule has 0 aromatic heterocycles. The Kier molecular flexibility index (Phi) is 5.42. The third-order valence-corrected chi connectivity index (χ3v) is 2.51. The van der Waals surface area contributed by atoms with Gasteiger partial charge in [-0.05, 0) is 22.6 Å². The fourth-order valence-corrected chi connectivity index (χ4v) is 1.44. The van der Waals surface area contributed by atoms with E-state index in [1.54, 1.807) is 0 Å². The second-order valence-corrected chi connectivity index (χ2v) is 4.43. The SMILES string of the molecule is C=C(I)C(=O)OCCN1CCNCC1. The van der Waals surface area contributed by atoms with Gasteiger partial charge in [0.05, 0.1) is 3.58 Å². The van der Waals surface area contributed by atoms with Crippen molar-refractivity contribution in [3.63, 3.8) is 0 Å². The van der Waals surface area contributed by atoms with Crippen LogP contribution in [-0.4, -0.2) is 50.2 Å². The van der Waals surface area contributed by atoms with E-state index in [-0.39, 0.29) is 5.97 Å². The first kappa shape index (κ1) is 11.9. The Labute approximate surface area is 97.8 Å². The highest BCUT2D eigenvalue weighted by molar-refractivity contribution is 14.1. The van der Waals surface area contributed by atoms with Crippen LogP contribution >= 0.6 is 22.6 Å². The number of nitrogens with zero attached hydrogens (tertiary/aromatic N) is 1. The van der Waals surface area contributed by atoms with Gasteiger partial charge in [0.1, 0.15) is 6.61 Å². The van der Waals surface area contributed by atoms with Gasteiger partial charge < -0.3 is 10.1 Å². The van der Waals surface area contributed by atoms with E-state index in [4.69, 9.17) is 4.74 Å². The molecule has 1 aliphatic rings. The van der Waals surface area contributed by atoms with Crippen LogP contribution in [0.15, 0.2) is 10.2 Å². The molecule has 0 unspecified atom stereocenters. The summed E-state index contributed by atoms with van der Waals surface area (Å²) in [4.78, 5) is 13.3. The molecule has 4 nitrogen and oxygen atoms in total. The highest BCUT2D eigenvalue weighted by Gasteiger charge is 2.10. The van der Waals surface area contributed by atoms with Gasteiger partial charge in [0.2, 0.25) is 0 Å². The summed E-state index contributed by atoms with van der Waals surface area (Å²) in [5, 5.41) is 3.27. The maximum Gasteiger partial charge on any atom is 0.343 e. The standard InChI is InChI=1S/C9H15IN2O2/c1-8(10)9(13)14-7-6-12-4-2-11-3-5-12/h11H,1-7H2. The predicted molar refractivity (Wildman–Crippen MR) is 63.4 cm³/mol. The van der Waals surface area contributed by atoms with E-state index < -0.39 is 0 Å².